The first-order chi connectivity index (χ1) is 20.6. The second-order valence-electron chi connectivity index (χ2n) is 12.3. The van der Waals surface area contributed by atoms with Gasteiger partial charge in [0.25, 0.3) is 0 Å². The van der Waals surface area contributed by atoms with E-state index in [0.29, 0.717) is 12.8 Å². The summed E-state index contributed by atoms with van der Waals surface area (Å²) in [6.45, 7) is 4.13. The minimum absolute atomic E-state index is 0.0636. The number of aliphatic hydroxyl groups excluding tert-OH is 1. The first kappa shape index (κ1) is 40.6. The van der Waals surface area contributed by atoms with Crippen LogP contribution in [-0.2, 0) is 19.1 Å². The van der Waals surface area contributed by atoms with Gasteiger partial charge in [0.2, 0.25) is 0 Å². The summed E-state index contributed by atoms with van der Waals surface area (Å²) in [5.74, 6) is -0.593. The molecule has 0 saturated heterocycles. The maximum atomic E-state index is 12.1. The maximum Gasteiger partial charge on any atom is 0.306 e. The molecule has 0 aliphatic carbocycles. The van der Waals surface area contributed by atoms with Crippen LogP contribution in [0.2, 0.25) is 0 Å². The summed E-state index contributed by atoms with van der Waals surface area (Å²) in [6, 6.07) is 0. The average molecular weight is 595 g/mol. The van der Waals surface area contributed by atoms with Crippen LogP contribution in [0, 0.1) is 0 Å². The summed E-state index contributed by atoms with van der Waals surface area (Å²) in [5, 5.41) is 9.52. The first-order valence-electron chi connectivity index (χ1n) is 18.2. The van der Waals surface area contributed by atoms with Crippen molar-refractivity contribution >= 4 is 11.9 Å². The van der Waals surface area contributed by atoms with E-state index in [1.807, 2.05) is 0 Å². The van der Waals surface area contributed by atoms with Crippen LogP contribution in [0.5, 0.6) is 0 Å². The van der Waals surface area contributed by atoms with Crippen molar-refractivity contribution in [1.82, 2.24) is 0 Å². The minimum atomic E-state index is -0.767. The number of allylic oxidation sites excluding steroid dienone is 2. The molecule has 0 aromatic carbocycles. The molecule has 0 radical (unpaired) electrons. The fourth-order valence-corrected chi connectivity index (χ4v) is 5.25. The fraction of sp³-hybridized carbons (Fsp3) is 0.892. The minimum Gasteiger partial charge on any atom is -0.462 e. The van der Waals surface area contributed by atoms with E-state index < -0.39 is 6.10 Å². The van der Waals surface area contributed by atoms with Crippen molar-refractivity contribution in [3.05, 3.63) is 12.2 Å². The van der Waals surface area contributed by atoms with Gasteiger partial charge in [0, 0.05) is 12.8 Å². The Morgan fingerprint density at radius 1 is 0.524 bits per heavy atom. The number of unbranched alkanes of at least 4 members (excludes halogenated alkanes) is 23. The van der Waals surface area contributed by atoms with E-state index in [4.69, 9.17) is 9.47 Å². The quantitative estimate of drug-likeness (QED) is 0.0465. The van der Waals surface area contributed by atoms with Gasteiger partial charge in [-0.2, -0.15) is 0 Å². The van der Waals surface area contributed by atoms with Crippen LogP contribution in [0.25, 0.3) is 0 Å². The van der Waals surface area contributed by atoms with Crippen LogP contribution in [-0.4, -0.2) is 36.4 Å². The molecule has 42 heavy (non-hydrogen) atoms. The summed E-state index contributed by atoms with van der Waals surface area (Å²) in [7, 11) is 0. The highest BCUT2D eigenvalue weighted by molar-refractivity contribution is 5.70. The number of ether oxygens (including phenoxy) is 2. The molecule has 0 aromatic heterocycles. The third kappa shape index (κ3) is 31.6. The standard InChI is InChI=1S/C37H70O5/c1-3-5-7-9-11-13-15-17-18-20-22-24-26-28-30-32-37(40)42-35(33-38)34-41-36(39)31-29-27-25-23-21-19-16-14-12-10-8-6-4-2/h17-18,35,38H,3-16,19-34H2,1-2H3. The third-order valence-corrected chi connectivity index (χ3v) is 8.06. The molecule has 0 rings (SSSR count). The summed E-state index contributed by atoms with van der Waals surface area (Å²) in [5.41, 5.74) is 0. The van der Waals surface area contributed by atoms with E-state index in [-0.39, 0.29) is 25.2 Å². The molecule has 0 fully saturated rings. The fourth-order valence-electron chi connectivity index (χ4n) is 5.25. The highest BCUT2D eigenvalue weighted by Gasteiger charge is 2.16. The van der Waals surface area contributed by atoms with Gasteiger partial charge >= 0.3 is 11.9 Å². The zero-order valence-corrected chi connectivity index (χ0v) is 28.0. The zero-order valence-electron chi connectivity index (χ0n) is 28.0. The van der Waals surface area contributed by atoms with E-state index in [0.717, 1.165) is 44.9 Å². The molecule has 0 spiro atoms. The van der Waals surface area contributed by atoms with Gasteiger partial charge in [0.15, 0.2) is 6.10 Å². The van der Waals surface area contributed by atoms with Gasteiger partial charge in [-0.15, -0.1) is 0 Å². The van der Waals surface area contributed by atoms with Crippen LogP contribution in [0.1, 0.15) is 194 Å². The highest BCUT2D eigenvalue weighted by Crippen LogP contribution is 2.14. The zero-order chi connectivity index (χ0) is 30.8. The van der Waals surface area contributed by atoms with Gasteiger partial charge < -0.3 is 14.6 Å². The Bertz CT molecular complexity index is 603. The Labute approximate surface area is 261 Å². The van der Waals surface area contributed by atoms with Crippen molar-refractivity contribution in [3.63, 3.8) is 0 Å². The number of hydrogen-bond acceptors (Lipinski definition) is 5. The molecule has 0 aliphatic heterocycles. The molecule has 248 valence electrons. The van der Waals surface area contributed by atoms with Gasteiger partial charge in [0.05, 0.1) is 6.61 Å². The van der Waals surface area contributed by atoms with Crippen molar-refractivity contribution in [2.75, 3.05) is 13.2 Å². The second kappa shape index (κ2) is 34.1. The molecule has 0 bridgehead atoms. The Hall–Kier alpha value is -1.36. The van der Waals surface area contributed by atoms with E-state index >= 15 is 0 Å². The van der Waals surface area contributed by atoms with Gasteiger partial charge in [0.1, 0.15) is 6.61 Å². The lowest BCUT2D eigenvalue weighted by Gasteiger charge is -2.15. The van der Waals surface area contributed by atoms with E-state index in [1.165, 1.54) is 122 Å². The smallest absolute Gasteiger partial charge is 0.306 e. The Morgan fingerprint density at radius 2 is 0.881 bits per heavy atom. The Morgan fingerprint density at radius 3 is 1.29 bits per heavy atom. The average Bonchev–Trinajstić information content (AvgIpc) is 2.99. The van der Waals surface area contributed by atoms with Crippen molar-refractivity contribution in [2.45, 2.75) is 200 Å². The molecular formula is C37H70O5. The number of esters is 2. The number of carbonyl (C=O) groups excluding carboxylic acids is 2. The summed E-state index contributed by atoms with van der Waals surface area (Å²) in [6.07, 6.45) is 36.9. The van der Waals surface area contributed by atoms with Crippen LogP contribution in [0.4, 0.5) is 0 Å². The van der Waals surface area contributed by atoms with Crippen LogP contribution >= 0.6 is 0 Å². The van der Waals surface area contributed by atoms with Gasteiger partial charge in [-0.25, -0.2) is 0 Å². The number of carbonyl (C=O) groups is 2. The molecule has 5 nitrogen and oxygen atoms in total. The predicted molar refractivity (Wildman–Crippen MR) is 178 cm³/mol. The highest BCUT2D eigenvalue weighted by atomic mass is 16.6. The number of aliphatic hydroxyl groups is 1. The molecule has 0 aliphatic rings. The molecule has 0 aromatic rings. The summed E-state index contributed by atoms with van der Waals surface area (Å²) < 4.78 is 10.6. The second-order valence-corrected chi connectivity index (χ2v) is 12.3. The van der Waals surface area contributed by atoms with Gasteiger partial charge in [-0.05, 0) is 38.5 Å². The topological polar surface area (TPSA) is 72.8 Å². The molecule has 0 saturated carbocycles. The third-order valence-electron chi connectivity index (χ3n) is 8.06. The van der Waals surface area contributed by atoms with Crippen molar-refractivity contribution < 1.29 is 24.2 Å². The maximum absolute atomic E-state index is 12.1. The first-order valence-corrected chi connectivity index (χ1v) is 18.2. The summed E-state index contributed by atoms with van der Waals surface area (Å²) in [4.78, 5) is 24.1. The molecule has 5 heteroatoms. The van der Waals surface area contributed by atoms with Crippen molar-refractivity contribution in [3.8, 4) is 0 Å². The molecular weight excluding hydrogens is 524 g/mol. The molecule has 1 atom stereocenters. The molecule has 1 unspecified atom stereocenters. The Balaban J connectivity index is 3.55. The Kier molecular flexibility index (Phi) is 33.0. The van der Waals surface area contributed by atoms with E-state index in [2.05, 4.69) is 26.0 Å². The van der Waals surface area contributed by atoms with Gasteiger partial charge in [-0.3, -0.25) is 9.59 Å². The number of rotatable bonds is 33. The summed E-state index contributed by atoms with van der Waals surface area (Å²) >= 11 is 0. The lowest BCUT2D eigenvalue weighted by Crippen LogP contribution is -2.28. The lowest BCUT2D eigenvalue weighted by molar-refractivity contribution is -0.161. The monoisotopic (exact) mass is 595 g/mol. The van der Waals surface area contributed by atoms with E-state index in [9.17, 15) is 14.7 Å². The molecule has 0 amide bonds. The largest absolute Gasteiger partial charge is 0.462 e. The number of hydrogen-bond donors (Lipinski definition) is 1. The van der Waals surface area contributed by atoms with Crippen molar-refractivity contribution in [1.29, 1.82) is 0 Å². The molecule has 0 heterocycles. The SMILES string of the molecule is CCCCCCCCC=CCCCCCCCC(=O)OC(CO)COC(=O)CCCCCCCCCCCCCCC. The van der Waals surface area contributed by atoms with Crippen LogP contribution in [0.3, 0.4) is 0 Å². The van der Waals surface area contributed by atoms with Crippen LogP contribution < -0.4 is 0 Å². The van der Waals surface area contributed by atoms with Gasteiger partial charge in [-0.1, -0.05) is 154 Å². The molecule has 1 N–H and O–H groups in total. The van der Waals surface area contributed by atoms with Crippen LogP contribution in [0.15, 0.2) is 12.2 Å². The van der Waals surface area contributed by atoms with E-state index in [1.54, 1.807) is 0 Å². The normalized spacial score (nSPS) is 12.2. The lowest BCUT2D eigenvalue weighted by atomic mass is 10.0. The van der Waals surface area contributed by atoms with Crippen molar-refractivity contribution in [2.24, 2.45) is 0 Å². The predicted octanol–water partition coefficient (Wildman–Crippen LogP) is 11.0.